The van der Waals surface area contributed by atoms with Crippen LogP contribution >= 0.6 is 0 Å². The van der Waals surface area contributed by atoms with E-state index in [0.717, 1.165) is 41.6 Å². The molecule has 0 heterocycles. The number of hydrogen-bond acceptors (Lipinski definition) is 4. The third-order valence-corrected chi connectivity index (χ3v) is 6.29. The van der Waals surface area contributed by atoms with E-state index >= 15 is 0 Å². The SMILES string of the molecule is CC(C)(C)OC(=O)N(Cc1ccccc1)Cc1ccccc1OCc1ccc(NC(=O)C2CCC2)cc1. The molecule has 0 bridgehead atoms. The van der Waals surface area contributed by atoms with Crippen molar-refractivity contribution < 1.29 is 19.1 Å². The number of nitrogens with one attached hydrogen (secondary N) is 1. The molecule has 194 valence electrons. The minimum atomic E-state index is -0.592. The average Bonchev–Trinajstić information content (AvgIpc) is 2.82. The number of benzene rings is 3. The van der Waals surface area contributed by atoms with Crippen LogP contribution in [0.2, 0.25) is 0 Å². The largest absolute Gasteiger partial charge is 0.489 e. The molecule has 1 N–H and O–H groups in total. The molecule has 0 radical (unpaired) electrons. The minimum Gasteiger partial charge on any atom is -0.489 e. The van der Waals surface area contributed by atoms with E-state index in [2.05, 4.69) is 5.32 Å². The van der Waals surface area contributed by atoms with Crippen molar-refractivity contribution in [3.8, 4) is 5.75 Å². The fourth-order valence-electron chi connectivity index (χ4n) is 4.06. The molecular weight excluding hydrogens is 464 g/mol. The van der Waals surface area contributed by atoms with E-state index in [1.54, 1.807) is 4.90 Å². The first-order valence-corrected chi connectivity index (χ1v) is 12.9. The summed E-state index contributed by atoms with van der Waals surface area (Å²) in [5.41, 5.74) is 3.12. The summed E-state index contributed by atoms with van der Waals surface area (Å²) < 4.78 is 11.9. The number of hydrogen-bond donors (Lipinski definition) is 1. The van der Waals surface area contributed by atoms with Gasteiger partial charge in [-0.3, -0.25) is 9.69 Å². The van der Waals surface area contributed by atoms with Crippen LogP contribution in [0.1, 0.15) is 56.7 Å². The molecule has 1 fully saturated rings. The van der Waals surface area contributed by atoms with E-state index in [1.807, 2.05) is 99.6 Å². The highest BCUT2D eigenvalue weighted by Gasteiger charge is 2.25. The van der Waals surface area contributed by atoms with Gasteiger partial charge in [0.15, 0.2) is 0 Å². The summed E-state index contributed by atoms with van der Waals surface area (Å²) in [6, 6.07) is 25.4. The van der Waals surface area contributed by atoms with E-state index in [1.165, 1.54) is 0 Å². The van der Waals surface area contributed by atoms with Gasteiger partial charge in [-0.25, -0.2) is 4.79 Å². The van der Waals surface area contributed by atoms with Crippen LogP contribution in [0.25, 0.3) is 0 Å². The highest BCUT2D eigenvalue weighted by molar-refractivity contribution is 5.93. The van der Waals surface area contributed by atoms with Crippen molar-refractivity contribution >= 4 is 17.7 Å². The summed E-state index contributed by atoms with van der Waals surface area (Å²) in [7, 11) is 0. The molecule has 0 aromatic heterocycles. The highest BCUT2D eigenvalue weighted by atomic mass is 16.6. The van der Waals surface area contributed by atoms with Gasteiger partial charge in [0, 0.05) is 23.7 Å². The molecule has 1 aliphatic carbocycles. The number of carbonyl (C=O) groups excluding carboxylic acids is 2. The Morgan fingerprint density at radius 3 is 2.19 bits per heavy atom. The van der Waals surface area contributed by atoms with E-state index in [9.17, 15) is 9.59 Å². The summed E-state index contributed by atoms with van der Waals surface area (Å²) in [5, 5.41) is 2.99. The van der Waals surface area contributed by atoms with Gasteiger partial charge in [-0.2, -0.15) is 0 Å². The Balaban J connectivity index is 1.42. The number of rotatable bonds is 9. The summed E-state index contributed by atoms with van der Waals surface area (Å²) in [6.07, 6.45) is 2.73. The number of ether oxygens (including phenoxy) is 2. The van der Waals surface area contributed by atoms with E-state index in [-0.39, 0.29) is 17.9 Å². The first kappa shape index (κ1) is 26.3. The third kappa shape index (κ3) is 7.84. The zero-order valence-corrected chi connectivity index (χ0v) is 21.9. The van der Waals surface area contributed by atoms with Gasteiger partial charge in [0.25, 0.3) is 0 Å². The monoisotopic (exact) mass is 500 g/mol. The minimum absolute atomic E-state index is 0.106. The number of para-hydroxylation sites is 1. The molecule has 3 aromatic rings. The van der Waals surface area contributed by atoms with Crippen molar-refractivity contribution in [2.24, 2.45) is 5.92 Å². The third-order valence-electron chi connectivity index (χ3n) is 6.29. The maximum absolute atomic E-state index is 13.1. The second-order valence-electron chi connectivity index (χ2n) is 10.5. The Bertz CT molecular complexity index is 1180. The Morgan fingerprint density at radius 2 is 1.54 bits per heavy atom. The molecule has 3 aromatic carbocycles. The second kappa shape index (κ2) is 12.0. The molecule has 0 aliphatic heterocycles. The van der Waals surface area contributed by atoms with Crippen LogP contribution in [-0.2, 0) is 29.2 Å². The molecule has 0 saturated heterocycles. The fourth-order valence-corrected chi connectivity index (χ4v) is 4.06. The molecule has 2 amide bonds. The molecule has 6 heteroatoms. The van der Waals surface area contributed by atoms with E-state index in [4.69, 9.17) is 9.47 Å². The molecule has 0 spiro atoms. The molecule has 1 saturated carbocycles. The summed E-state index contributed by atoms with van der Waals surface area (Å²) >= 11 is 0. The van der Waals surface area contributed by atoms with Crippen molar-refractivity contribution in [3.05, 3.63) is 95.6 Å². The molecule has 6 nitrogen and oxygen atoms in total. The summed E-state index contributed by atoms with van der Waals surface area (Å²) in [6.45, 7) is 6.76. The molecule has 0 unspecified atom stereocenters. The lowest BCUT2D eigenvalue weighted by atomic mass is 9.85. The number of anilines is 1. The van der Waals surface area contributed by atoms with Crippen LogP contribution in [0.4, 0.5) is 10.5 Å². The zero-order chi connectivity index (χ0) is 26.3. The topological polar surface area (TPSA) is 67.9 Å². The molecule has 1 aliphatic rings. The quantitative estimate of drug-likeness (QED) is 0.345. The van der Waals surface area contributed by atoms with Crippen molar-refractivity contribution in [2.75, 3.05) is 5.32 Å². The van der Waals surface area contributed by atoms with Gasteiger partial charge >= 0.3 is 6.09 Å². The van der Waals surface area contributed by atoms with Gasteiger partial charge in [0.05, 0.1) is 6.54 Å². The van der Waals surface area contributed by atoms with Crippen LogP contribution in [0, 0.1) is 5.92 Å². The van der Waals surface area contributed by atoms with E-state index < -0.39 is 5.60 Å². The fraction of sp³-hybridized carbons (Fsp3) is 0.355. The van der Waals surface area contributed by atoms with Crippen molar-refractivity contribution in [1.82, 2.24) is 4.90 Å². The van der Waals surface area contributed by atoms with Gasteiger partial charge in [-0.15, -0.1) is 0 Å². The van der Waals surface area contributed by atoms with Gasteiger partial charge in [-0.1, -0.05) is 67.1 Å². The van der Waals surface area contributed by atoms with Crippen molar-refractivity contribution in [1.29, 1.82) is 0 Å². The van der Waals surface area contributed by atoms with Crippen LogP contribution < -0.4 is 10.1 Å². The number of nitrogens with zero attached hydrogens (tertiary/aromatic N) is 1. The maximum atomic E-state index is 13.1. The van der Waals surface area contributed by atoms with Crippen LogP contribution in [0.15, 0.2) is 78.9 Å². The van der Waals surface area contributed by atoms with Gasteiger partial charge in [0.2, 0.25) is 5.91 Å². The molecule has 4 rings (SSSR count). The van der Waals surface area contributed by atoms with Gasteiger partial charge < -0.3 is 14.8 Å². The first-order chi connectivity index (χ1) is 17.8. The second-order valence-corrected chi connectivity index (χ2v) is 10.5. The van der Waals surface area contributed by atoms with Crippen LogP contribution in [0.5, 0.6) is 5.75 Å². The smallest absolute Gasteiger partial charge is 0.410 e. The van der Waals surface area contributed by atoms with Crippen LogP contribution in [-0.4, -0.2) is 22.5 Å². The molecule has 37 heavy (non-hydrogen) atoms. The average molecular weight is 501 g/mol. The first-order valence-electron chi connectivity index (χ1n) is 12.9. The lowest BCUT2D eigenvalue weighted by Gasteiger charge is -2.28. The zero-order valence-electron chi connectivity index (χ0n) is 21.9. The normalized spacial score (nSPS) is 13.4. The lowest BCUT2D eigenvalue weighted by Crippen LogP contribution is -2.36. The molecule has 0 atom stereocenters. The lowest BCUT2D eigenvalue weighted by molar-refractivity contribution is -0.122. The van der Waals surface area contributed by atoms with Gasteiger partial charge in [0.1, 0.15) is 18.0 Å². The summed E-state index contributed by atoms with van der Waals surface area (Å²) in [4.78, 5) is 26.9. The Morgan fingerprint density at radius 1 is 0.865 bits per heavy atom. The van der Waals surface area contributed by atoms with Gasteiger partial charge in [-0.05, 0) is 62.9 Å². The summed E-state index contributed by atoms with van der Waals surface area (Å²) in [5.74, 6) is 0.974. The predicted octanol–water partition coefficient (Wildman–Crippen LogP) is 6.94. The highest BCUT2D eigenvalue weighted by Crippen LogP contribution is 2.28. The number of carbonyl (C=O) groups is 2. The predicted molar refractivity (Wildman–Crippen MR) is 145 cm³/mol. The van der Waals surface area contributed by atoms with Crippen LogP contribution in [0.3, 0.4) is 0 Å². The molecular formula is C31H36N2O4. The van der Waals surface area contributed by atoms with Crippen molar-refractivity contribution in [3.63, 3.8) is 0 Å². The maximum Gasteiger partial charge on any atom is 0.410 e. The number of amides is 2. The standard InChI is InChI=1S/C31H36N2O4/c1-31(2,3)37-30(35)33(20-23-10-5-4-6-11-23)21-26-12-7-8-15-28(26)36-22-24-16-18-27(19-17-24)32-29(34)25-13-9-14-25/h4-8,10-12,15-19,25H,9,13-14,20-22H2,1-3H3,(H,32,34). The Hall–Kier alpha value is -3.80. The van der Waals surface area contributed by atoms with Crippen molar-refractivity contribution in [2.45, 2.75) is 65.3 Å². The Labute approximate surface area is 219 Å². The Kier molecular flexibility index (Phi) is 8.49. The van der Waals surface area contributed by atoms with E-state index in [0.29, 0.717) is 25.4 Å².